The van der Waals surface area contributed by atoms with Crippen LogP contribution in [0.2, 0.25) is 0 Å². The van der Waals surface area contributed by atoms with E-state index in [1.165, 1.54) is 0 Å². The molecule has 1 fully saturated rings. The van der Waals surface area contributed by atoms with Crippen LogP contribution in [0.15, 0.2) is 103 Å². The number of hydrogen-bond acceptors (Lipinski definition) is 5. The van der Waals surface area contributed by atoms with E-state index in [0.29, 0.717) is 30.0 Å². The maximum absolute atomic E-state index is 13.1. The Labute approximate surface area is 269 Å². The van der Waals surface area contributed by atoms with Crippen LogP contribution in [0.3, 0.4) is 0 Å². The summed E-state index contributed by atoms with van der Waals surface area (Å²) in [5.41, 5.74) is 7.49. The molecule has 0 bridgehead atoms. The van der Waals surface area contributed by atoms with Gasteiger partial charge in [0.25, 0.3) is 5.91 Å². The molecule has 46 heavy (non-hydrogen) atoms. The molecule has 1 heterocycles. The van der Waals surface area contributed by atoms with Crippen molar-refractivity contribution in [2.24, 2.45) is 0 Å². The lowest BCUT2D eigenvalue weighted by molar-refractivity contribution is 0.0299. The quantitative estimate of drug-likeness (QED) is 0.227. The van der Waals surface area contributed by atoms with E-state index < -0.39 is 11.7 Å². The second-order valence-corrected chi connectivity index (χ2v) is 12.5. The molecule has 8 heteroatoms. The maximum atomic E-state index is 13.1. The summed E-state index contributed by atoms with van der Waals surface area (Å²) in [5, 5.41) is 5.69. The van der Waals surface area contributed by atoms with Crippen molar-refractivity contribution in [3.05, 3.63) is 125 Å². The third-order valence-corrected chi connectivity index (χ3v) is 8.05. The minimum absolute atomic E-state index is 0.0516. The molecule has 234 valence electrons. The lowest BCUT2D eigenvalue weighted by Crippen LogP contribution is -2.34. The Kier molecular flexibility index (Phi) is 8.61. The van der Waals surface area contributed by atoms with Crippen molar-refractivity contribution in [2.75, 3.05) is 30.3 Å². The zero-order valence-electron chi connectivity index (χ0n) is 26.2. The van der Waals surface area contributed by atoms with Crippen molar-refractivity contribution in [3.63, 3.8) is 0 Å². The first-order chi connectivity index (χ1) is 22.1. The number of anilines is 2. The molecule has 1 aliphatic carbocycles. The fourth-order valence-corrected chi connectivity index (χ4v) is 5.89. The number of ether oxygens (including phenoxy) is 2. The van der Waals surface area contributed by atoms with Crippen LogP contribution in [-0.2, 0) is 9.47 Å². The second-order valence-electron chi connectivity index (χ2n) is 12.5. The normalized spacial score (nSPS) is 14.8. The summed E-state index contributed by atoms with van der Waals surface area (Å²) in [6, 6.07) is 30.6. The summed E-state index contributed by atoms with van der Waals surface area (Å²) in [6.45, 7) is 6.89. The van der Waals surface area contributed by atoms with Crippen LogP contribution in [0.5, 0.6) is 0 Å². The lowest BCUT2D eigenvalue weighted by Gasteiger charge is -2.23. The summed E-state index contributed by atoms with van der Waals surface area (Å²) in [5.74, 6) is -0.359. The van der Waals surface area contributed by atoms with Gasteiger partial charge in [-0.1, -0.05) is 78.9 Å². The van der Waals surface area contributed by atoms with Crippen molar-refractivity contribution in [2.45, 2.75) is 38.7 Å². The first-order valence-electron chi connectivity index (χ1n) is 15.4. The number of carbonyl (C=O) groups excluding carboxylic acids is 3. The van der Waals surface area contributed by atoms with Crippen molar-refractivity contribution >= 4 is 35.5 Å². The average molecular weight is 616 g/mol. The third kappa shape index (κ3) is 6.96. The minimum Gasteiger partial charge on any atom is -0.448 e. The van der Waals surface area contributed by atoms with Crippen LogP contribution in [0.4, 0.5) is 21.0 Å². The van der Waals surface area contributed by atoms with Gasteiger partial charge >= 0.3 is 12.2 Å². The molecule has 0 unspecified atom stereocenters. The second kappa shape index (κ2) is 12.9. The molecule has 2 aliphatic rings. The number of likely N-dealkylation sites (tertiary alicyclic amines) is 1. The number of rotatable bonds is 6. The Bertz CT molecular complexity index is 1760. The van der Waals surface area contributed by atoms with Crippen LogP contribution in [0, 0.1) is 0 Å². The molecule has 0 spiro atoms. The van der Waals surface area contributed by atoms with E-state index in [1.54, 1.807) is 41.3 Å². The fourth-order valence-electron chi connectivity index (χ4n) is 5.89. The van der Waals surface area contributed by atoms with E-state index >= 15 is 0 Å². The van der Waals surface area contributed by atoms with Gasteiger partial charge in [0.2, 0.25) is 0 Å². The van der Waals surface area contributed by atoms with Crippen LogP contribution < -0.4 is 10.6 Å². The number of nitrogens with zero attached hydrogens (tertiary/aromatic N) is 1. The SMILES string of the molecule is CC(C)(C)OC(=O)N1CC/C(=C/c2ccc(C(=O)Nc3ccccc3NC(=O)OCC3c4ccccc4-c4ccccc43)cc2)C1. The van der Waals surface area contributed by atoms with E-state index in [-0.39, 0.29) is 24.5 Å². The van der Waals surface area contributed by atoms with Gasteiger partial charge in [-0.3, -0.25) is 10.1 Å². The Hall–Kier alpha value is -5.37. The standard InChI is InChI=1S/C38H37N3O5/c1-38(2,3)46-37(44)41-21-20-26(23-41)22-25-16-18-27(19-17-25)35(42)39-33-14-8-9-15-34(33)40-36(43)45-24-32-30-12-6-4-10-28(30)29-11-5-7-13-31(29)32/h4-19,22,32H,20-21,23-24H2,1-3H3,(H,39,42)(H,40,43)/b26-22-. The number of fused-ring (bicyclic) bond motifs is 3. The van der Waals surface area contributed by atoms with Gasteiger partial charge in [0, 0.05) is 24.6 Å². The first kappa shape index (κ1) is 30.6. The Morgan fingerprint density at radius 2 is 1.39 bits per heavy atom. The molecule has 2 N–H and O–H groups in total. The summed E-state index contributed by atoms with van der Waals surface area (Å²) >= 11 is 0. The topological polar surface area (TPSA) is 97.0 Å². The predicted molar refractivity (Wildman–Crippen MR) is 180 cm³/mol. The Morgan fingerprint density at radius 3 is 2.02 bits per heavy atom. The van der Waals surface area contributed by atoms with Crippen LogP contribution >= 0.6 is 0 Å². The van der Waals surface area contributed by atoms with Gasteiger partial charge in [0.1, 0.15) is 12.2 Å². The number of amides is 3. The molecule has 1 saturated heterocycles. The van der Waals surface area contributed by atoms with E-state index in [1.807, 2.05) is 63.2 Å². The highest BCUT2D eigenvalue weighted by Crippen LogP contribution is 2.44. The largest absolute Gasteiger partial charge is 0.448 e. The monoisotopic (exact) mass is 615 g/mol. The van der Waals surface area contributed by atoms with Crippen LogP contribution in [0.1, 0.15) is 60.2 Å². The molecule has 4 aromatic rings. The predicted octanol–water partition coefficient (Wildman–Crippen LogP) is 8.32. The molecular weight excluding hydrogens is 578 g/mol. The van der Waals surface area contributed by atoms with Crippen molar-refractivity contribution < 1.29 is 23.9 Å². The number of benzene rings is 4. The summed E-state index contributed by atoms with van der Waals surface area (Å²) in [7, 11) is 0. The van der Waals surface area contributed by atoms with Gasteiger partial charge in [0.15, 0.2) is 0 Å². The van der Waals surface area contributed by atoms with Gasteiger partial charge in [-0.15, -0.1) is 0 Å². The molecule has 0 radical (unpaired) electrons. The number of para-hydroxylation sites is 2. The average Bonchev–Trinajstić information content (AvgIpc) is 3.63. The van der Waals surface area contributed by atoms with Crippen molar-refractivity contribution in [1.82, 2.24) is 4.90 Å². The highest BCUT2D eigenvalue weighted by atomic mass is 16.6. The number of nitrogens with one attached hydrogen (secondary N) is 2. The molecular formula is C38H37N3O5. The molecule has 4 aromatic carbocycles. The van der Waals surface area contributed by atoms with Gasteiger partial charge in [0.05, 0.1) is 11.4 Å². The summed E-state index contributed by atoms with van der Waals surface area (Å²) in [6.07, 6.45) is 1.91. The third-order valence-electron chi connectivity index (χ3n) is 8.05. The maximum Gasteiger partial charge on any atom is 0.411 e. The first-order valence-corrected chi connectivity index (χ1v) is 15.4. The highest BCUT2D eigenvalue weighted by molar-refractivity contribution is 6.07. The molecule has 6 rings (SSSR count). The van der Waals surface area contributed by atoms with Crippen LogP contribution in [0.25, 0.3) is 17.2 Å². The molecule has 3 amide bonds. The van der Waals surface area contributed by atoms with Crippen molar-refractivity contribution in [3.8, 4) is 11.1 Å². The van der Waals surface area contributed by atoms with Crippen molar-refractivity contribution in [1.29, 1.82) is 0 Å². The molecule has 0 aromatic heterocycles. The van der Waals surface area contributed by atoms with E-state index in [4.69, 9.17) is 9.47 Å². The smallest absolute Gasteiger partial charge is 0.411 e. The number of carbonyl (C=O) groups is 3. The zero-order chi connectivity index (χ0) is 32.3. The molecule has 0 saturated carbocycles. The van der Waals surface area contributed by atoms with Gasteiger partial charge in [-0.05, 0) is 84.8 Å². The zero-order valence-corrected chi connectivity index (χ0v) is 26.2. The number of hydrogen-bond donors (Lipinski definition) is 2. The molecule has 8 nitrogen and oxygen atoms in total. The Morgan fingerprint density at radius 1 is 0.804 bits per heavy atom. The lowest BCUT2D eigenvalue weighted by atomic mass is 9.98. The van der Waals surface area contributed by atoms with Gasteiger partial charge < -0.3 is 19.7 Å². The fraction of sp³-hybridized carbons (Fsp3) is 0.237. The minimum atomic E-state index is -0.599. The molecule has 0 atom stereocenters. The van der Waals surface area contributed by atoms with Crippen LogP contribution in [-0.4, -0.2) is 48.3 Å². The summed E-state index contributed by atoms with van der Waals surface area (Å²) < 4.78 is 11.2. The highest BCUT2D eigenvalue weighted by Gasteiger charge is 2.29. The van der Waals surface area contributed by atoms with E-state index in [9.17, 15) is 14.4 Å². The van der Waals surface area contributed by atoms with Gasteiger partial charge in [-0.25, -0.2) is 9.59 Å². The van der Waals surface area contributed by atoms with E-state index in [0.717, 1.165) is 39.8 Å². The Balaban J connectivity index is 1.05. The summed E-state index contributed by atoms with van der Waals surface area (Å²) in [4.78, 5) is 40.1. The van der Waals surface area contributed by atoms with Gasteiger partial charge in [-0.2, -0.15) is 0 Å². The van der Waals surface area contributed by atoms with E-state index in [2.05, 4.69) is 34.9 Å². The molecule has 1 aliphatic heterocycles.